The van der Waals surface area contributed by atoms with Gasteiger partial charge in [-0.25, -0.2) is 0 Å². The molecule has 0 aliphatic carbocycles. The number of pyridine rings is 1. The maximum atomic E-state index is 12.6. The van der Waals surface area contributed by atoms with Crippen LogP contribution < -0.4 is 11.1 Å². The van der Waals surface area contributed by atoms with Gasteiger partial charge in [-0.1, -0.05) is 18.7 Å². The molecule has 0 fully saturated rings. The number of halogens is 3. The van der Waals surface area contributed by atoms with Gasteiger partial charge in [-0.05, 0) is 49.2 Å². The van der Waals surface area contributed by atoms with Crippen molar-refractivity contribution in [2.24, 2.45) is 5.73 Å². The van der Waals surface area contributed by atoms with Crippen LogP contribution in [-0.4, -0.2) is 10.5 Å². The van der Waals surface area contributed by atoms with Crippen molar-refractivity contribution in [3.63, 3.8) is 0 Å². The third kappa shape index (κ3) is 4.35. The standard InChI is InChI=1S/C18H20F3N3/c1-12(22)17(2,3)24-11-16-10-14(8-9-23-16)13-4-6-15(7-5-13)18(19,20)21/h4-10,24H,1,11,22H2,2-3H3. The van der Waals surface area contributed by atoms with E-state index in [2.05, 4.69) is 16.9 Å². The van der Waals surface area contributed by atoms with Crippen molar-refractivity contribution in [2.45, 2.75) is 32.1 Å². The van der Waals surface area contributed by atoms with E-state index in [-0.39, 0.29) is 0 Å². The van der Waals surface area contributed by atoms with Gasteiger partial charge in [0.1, 0.15) is 0 Å². The molecular weight excluding hydrogens is 315 g/mol. The Balaban J connectivity index is 2.17. The summed E-state index contributed by atoms with van der Waals surface area (Å²) in [6, 6.07) is 8.68. The minimum Gasteiger partial charge on any atom is -0.401 e. The van der Waals surface area contributed by atoms with Gasteiger partial charge in [-0.15, -0.1) is 0 Å². The number of nitrogens with two attached hydrogens (primary N) is 1. The van der Waals surface area contributed by atoms with E-state index in [9.17, 15) is 13.2 Å². The van der Waals surface area contributed by atoms with Crippen molar-refractivity contribution >= 4 is 0 Å². The molecule has 3 nitrogen and oxygen atoms in total. The van der Waals surface area contributed by atoms with E-state index in [1.807, 2.05) is 19.9 Å². The highest BCUT2D eigenvalue weighted by Gasteiger charge is 2.30. The van der Waals surface area contributed by atoms with Crippen molar-refractivity contribution in [1.29, 1.82) is 0 Å². The number of nitrogens with one attached hydrogen (secondary N) is 1. The summed E-state index contributed by atoms with van der Waals surface area (Å²) in [5, 5.41) is 3.25. The van der Waals surface area contributed by atoms with Gasteiger partial charge in [0, 0.05) is 18.4 Å². The number of benzene rings is 1. The first kappa shape index (κ1) is 18.0. The smallest absolute Gasteiger partial charge is 0.401 e. The summed E-state index contributed by atoms with van der Waals surface area (Å²) in [5.74, 6) is 0. The lowest BCUT2D eigenvalue weighted by molar-refractivity contribution is -0.137. The first-order valence-electron chi connectivity index (χ1n) is 7.42. The van der Waals surface area contributed by atoms with Gasteiger partial charge in [0.25, 0.3) is 0 Å². The normalized spacial score (nSPS) is 12.2. The SMILES string of the molecule is C=C(N)C(C)(C)NCc1cc(-c2ccc(C(F)(F)F)cc2)ccn1. The quantitative estimate of drug-likeness (QED) is 0.865. The first-order chi connectivity index (χ1) is 11.1. The molecule has 0 amide bonds. The Morgan fingerprint density at radius 2 is 1.75 bits per heavy atom. The predicted octanol–water partition coefficient (Wildman–Crippen LogP) is 4.11. The molecule has 3 N–H and O–H groups in total. The molecule has 2 rings (SSSR count). The van der Waals surface area contributed by atoms with E-state index in [0.29, 0.717) is 17.8 Å². The molecular formula is C18H20F3N3. The molecule has 0 aliphatic rings. The maximum absolute atomic E-state index is 12.6. The van der Waals surface area contributed by atoms with Crippen LogP contribution in [0.5, 0.6) is 0 Å². The average molecular weight is 335 g/mol. The average Bonchev–Trinajstić information content (AvgIpc) is 2.52. The second-order valence-electron chi connectivity index (χ2n) is 6.11. The molecule has 0 spiro atoms. The van der Waals surface area contributed by atoms with Crippen molar-refractivity contribution < 1.29 is 13.2 Å². The number of hydrogen-bond acceptors (Lipinski definition) is 3. The summed E-state index contributed by atoms with van der Waals surface area (Å²) < 4.78 is 37.9. The minimum atomic E-state index is -4.33. The topological polar surface area (TPSA) is 50.9 Å². The first-order valence-corrected chi connectivity index (χ1v) is 7.42. The number of aromatic nitrogens is 1. The summed E-state index contributed by atoms with van der Waals surface area (Å²) in [7, 11) is 0. The Morgan fingerprint density at radius 1 is 1.12 bits per heavy atom. The summed E-state index contributed by atoms with van der Waals surface area (Å²) >= 11 is 0. The molecule has 0 atom stereocenters. The Labute approximate surface area is 139 Å². The van der Waals surface area contributed by atoms with Gasteiger partial charge >= 0.3 is 6.18 Å². The van der Waals surface area contributed by atoms with Gasteiger partial charge < -0.3 is 11.1 Å². The molecule has 1 aromatic heterocycles. The molecule has 24 heavy (non-hydrogen) atoms. The number of nitrogens with zero attached hydrogens (tertiary/aromatic N) is 1. The lowest BCUT2D eigenvalue weighted by Gasteiger charge is -2.26. The molecule has 2 aromatic rings. The van der Waals surface area contributed by atoms with Gasteiger partial charge in [0.15, 0.2) is 0 Å². The molecule has 0 radical (unpaired) electrons. The Bertz CT molecular complexity index is 719. The van der Waals surface area contributed by atoms with Gasteiger partial charge in [-0.2, -0.15) is 13.2 Å². The summed E-state index contributed by atoms with van der Waals surface area (Å²) in [6.07, 6.45) is -2.70. The van der Waals surface area contributed by atoms with E-state index in [1.165, 1.54) is 12.1 Å². The van der Waals surface area contributed by atoms with Crippen LogP contribution in [0.4, 0.5) is 13.2 Å². The molecule has 128 valence electrons. The highest BCUT2D eigenvalue weighted by Crippen LogP contribution is 2.31. The maximum Gasteiger partial charge on any atom is 0.416 e. The van der Waals surface area contributed by atoms with E-state index in [4.69, 9.17) is 5.73 Å². The van der Waals surface area contributed by atoms with Crippen LogP contribution in [-0.2, 0) is 12.7 Å². The van der Waals surface area contributed by atoms with Crippen molar-refractivity contribution in [1.82, 2.24) is 10.3 Å². The highest BCUT2D eigenvalue weighted by atomic mass is 19.4. The van der Waals surface area contributed by atoms with Gasteiger partial charge in [-0.3, -0.25) is 4.98 Å². The fourth-order valence-electron chi connectivity index (χ4n) is 2.03. The monoisotopic (exact) mass is 335 g/mol. The zero-order valence-corrected chi connectivity index (χ0v) is 13.6. The highest BCUT2D eigenvalue weighted by molar-refractivity contribution is 5.63. The van der Waals surface area contributed by atoms with E-state index < -0.39 is 17.3 Å². The summed E-state index contributed by atoms with van der Waals surface area (Å²) in [6.45, 7) is 8.03. The van der Waals surface area contributed by atoms with Crippen LogP contribution in [0.2, 0.25) is 0 Å². The molecule has 0 bridgehead atoms. The summed E-state index contributed by atoms with van der Waals surface area (Å²) in [5.41, 5.74) is 7.42. The van der Waals surface area contributed by atoms with Gasteiger partial charge in [0.2, 0.25) is 0 Å². The fourth-order valence-corrected chi connectivity index (χ4v) is 2.03. The van der Waals surface area contributed by atoms with Crippen LogP contribution in [0.25, 0.3) is 11.1 Å². The van der Waals surface area contributed by atoms with Crippen LogP contribution in [0.15, 0.2) is 54.9 Å². The zero-order chi connectivity index (χ0) is 18.0. The number of rotatable bonds is 5. The molecule has 0 saturated heterocycles. The molecule has 0 saturated carbocycles. The molecule has 1 aromatic carbocycles. The van der Waals surface area contributed by atoms with Crippen molar-refractivity contribution in [2.75, 3.05) is 0 Å². The second kappa shape index (κ2) is 6.65. The number of alkyl halides is 3. The van der Waals surface area contributed by atoms with Crippen LogP contribution >= 0.6 is 0 Å². The van der Waals surface area contributed by atoms with Crippen LogP contribution in [0.3, 0.4) is 0 Å². The van der Waals surface area contributed by atoms with Crippen LogP contribution in [0.1, 0.15) is 25.1 Å². The molecule has 0 unspecified atom stereocenters. The zero-order valence-electron chi connectivity index (χ0n) is 13.6. The Hall–Kier alpha value is -2.34. The minimum absolute atomic E-state index is 0.438. The second-order valence-corrected chi connectivity index (χ2v) is 6.11. The van der Waals surface area contributed by atoms with Crippen molar-refractivity contribution in [3.8, 4) is 11.1 Å². The lowest BCUT2D eigenvalue weighted by Crippen LogP contribution is -2.43. The third-order valence-electron chi connectivity index (χ3n) is 3.88. The lowest BCUT2D eigenvalue weighted by atomic mass is 10.0. The third-order valence-corrected chi connectivity index (χ3v) is 3.88. The Kier molecular flexibility index (Phi) is 4.99. The predicted molar refractivity (Wildman–Crippen MR) is 88.9 cm³/mol. The number of hydrogen-bond donors (Lipinski definition) is 2. The molecule has 6 heteroatoms. The summed E-state index contributed by atoms with van der Waals surface area (Å²) in [4.78, 5) is 4.27. The van der Waals surface area contributed by atoms with E-state index in [1.54, 1.807) is 12.3 Å². The van der Waals surface area contributed by atoms with Crippen molar-refractivity contribution in [3.05, 3.63) is 66.1 Å². The molecule has 0 aliphatic heterocycles. The van der Waals surface area contributed by atoms with E-state index in [0.717, 1.165) is 23.4 Å². The fraction of sp³-hybridized carbons (Fsp3) is 0.278. The largest absolute Gasteiger partial charge is 0.416 e. The molecule has 1 heterocycles. The van der Waals surface area contributed by atoms with Gasteiger partial charge in [0.05, 0.1) is 16.8 Å². The Morgan fingerprint density at radius 3 is 2.29 bits per heavy atom. The van der Waals surface area contributed by atoms with Crippen LogP contribution in [0, 0.1) is 0 Å². The van der Waals surface area contributed by atoms with E-state index >= 15 is 0 Å².